The number of rotatable bonds is 7. The van der Waals surface area contributed by atoms with Crippen LogP contribution >= 0.6 is 23.2 Å². The minimum atomic E-state index is -3.88. The lowest BCUT2D eigenvalue weighted by molar-refractivity contribution is -0.131. The van der Waals surface area contributed by atoms with Gasteiger partial charge in [-0.15, -0.1) is 0 Å². The van der Waals surface area contributed by atoms with Crippen molar-refractivity contribution in [2.75, 3.05) is 51.3 Å². The van der Waals surface area contributed by atoms with Crippen LogP contribution in [-0.2, 0) is 14.8 Å². The van der Waals surface area contributed by atoms with Crippen LogP contribution in [-0.4, -0.2) is 69.9 Å². The molecule has 10 heteroatoms. The lowest BCUT2D eigenvalue weighted by atomic mass is 10.1. The number of piperazine rings is 1. The molecule has 32 heavy (non-hydrogen) atoms. The Balaban J connectivity index is 1.66. The van der Waals surface area contributed by atoms with E-state index in [1.807, 2.05) is 25.1 Å². The summed E-state index contributed by atoms with van der Waals surface area (Å²) < 4.78 is 32.4. The maximum atomic E-state index is 13.1. The van der Waals surface area contributed by atoms with Crippen LogP contribution in [0.3, 0.4) is 0 Å². The highest BCUT2D eigenvalue weighted by Gasteiger charge is 2.29. The maximum absolute atomic E-state index is 13.1. The van der Waals surface area contributed by atoms with E-state index in [9.17, 15) is 13.2 Å². The van der Waals surface area contributed by atoms with Crippen molar-refractivity contribution in [2.24, 2.45) is 0 Å². The second-order valence-corrected chi connectivity index (χ2v) is 10.3. The van der Waals surface area contributed by atoms with E-state index in [-0.39, 0.29) is 28.9 Å². The zero-order chi connectivity index (χ0) is 23.5. The van der Waals surface area contributed by atoms with Gasteiger partial charge in [-0.3, -0.25) is 4.79 Å². The second kappa shape index (κ2) is 10.3. The van der Waals surface area contributed by atoms with Gasteiger partial charge >= 0.3 is 0 Å². The molecule has 0 bridgehead atoms. The van der Waals surface area contributed by atoms with Crippen molar-refractivity contribution < 1.29 is 17.9 Å². The molecule has 2 aromatic carbocycles. The topological polar surface area (TPSA) is 70.2 Å². The number of carbonyl (C=O) groups is 1. The third-order valence-electron chi connectivity index (χ3n) is 5.57. The number of anilines is 1. The van der Waals surface area contributed by atoms with Crippen LogP contribution in [0.2, 0.25) is 10.0 Å². The summed E-state index contributed by atoms with van der Waals surface area (Å²) in [6.07, 6.45) is 0. The van der Waals surface area contributed by atoms with Gasteiger partial charge in [-0.2, -0.15) is 4.31 Å². The minimum absolute atomic E-state index is 0.0270. The van der Waals surface area contributed by atoms with Gasteiger partial charge in [0, 0.05) is 43.4 Å². The van der Waals surface area contributed by atoms with Gasteiger partial charge in [-0.25, -0.2) is 8.42 Å². The van der Waals surface area contributed by atoms with Crippen molar-refractivity contribution in [2.45, 2.75) is 18.7 Å². The number of amides is 1. The summed E-state index contributed by atoms with van der Waals surface area (Å²) in [5.74, 6) is 0.162. The summed E-state index contributed by atoms with van der Waals surface area (Å²) in [5.41, 5.74) is 2.18. The first-order valence-electron chi connectivity index (χ1n) is 10.3. The highest BCUT2D eigenvalue weighted by Crippen LogP contribution is 2.29. The van der Waals surface area contributed by atoms with Gasteiger partial charge in [0.15, 0.2) is 0 Å². The Labute approximate surface area is 199 Å². The van der Waals surface area contributed by atoms with E-state index < -0.39 is 10.0 Å². The average Bonchev–Trinajstić information content (AvgIpc) is 2.78. The Bertz CT molecular complexity index is 1090. The number of sulfonamides is 1. The molecule has 1 fully saturated rings. The molecule has 3 rings (SSSR count). The molecule has 0 unspecified atom stereocenters. The van der Waals surface area contributed by atoms with Gasteiger partial charge in [0.2, 0.25) is 15.9 Å². The Morgan fingerprint density at radius 3 is 2.38 bits per heavy atom. The number of hydrogen-bond donors (Lipinski definition) is 0. The van der Waals surface area contributed by atoms with Crippen molar-refractivity contribution in [3.8, 4) is 5.75 Å². The molecule has 0 aromatic heterocycles. The second-order valence-electron chi connectivity index (χ2n) is 7.53. The molecule has 0 N–H and O–H groups in total. The molecule has 0 radical (unpaired) electrons. The number of hydrogen-bond acceptors (Lipinski definition) is 5. The van der Waals surface area contributed by atoms with Crippen LogP contribution in [0.1, 0.15) is 12.5 Å². The fourth-order valence-corrected chi connectivity index (χ4v) is 5.61. The summed E-state index contributed by atoms with van der Waals surface area (Å²) in [5, 5.41) is 0.870. The first-order chi connectivity index (χ1) is 15.2. The summed E-state index contributed by atoms with van der Waals surface area (Å²) in [7, 11) is -2.42. The summed E-state index contributed by atoms with van der Waals surface area (Å²) >= 11 is 12.2. The summed E-state index contributed by atoms with van der Waals surface area (Å²) in [6, 6.07) is 10.0. The van der Waals surface area contributed by atoms with Gasteiger partial charge in [0.05, 0.1) is 23.6 Å². The number of nitrogens with zero attached hydrogens (tertiary/aromatic N) is 3. The minimum Gasteiger partial charge on any atom is -0.495 e. The first kappa shape index (κ1) is 24.6. The van der Waals surface area contributed by atoms with Crippen molar-refractivity contribution in [3.05, 3.63) is 52.0 Å². The molecule has 2 aromatic rings. The molecule has 1 heterocycles. The van der Waals surface area contributed by atoms with Crippen molar-refractivity contribution in [3.63, 3.8) is 0 Å². The first-order valence-corrected chi connectivity index (χ1v) is 12.5. The Hall–Kier alpha value is -2.00. The molecule has 1 saturated heterocycles. The molecule has 7 nitrogen and oxygen atoms in total. The molecule has 1 amide bonds. The molecular weight excluding hydrogens is 473 g/mol. The smallest absolute Gasteiger partial charge is 0.243 e. The number of carbonyl (C=O) groups excluding carboxylic acids is 1. The Morgan fingerprint density at radius 2 is 1.78 bits per heavy atom. The number of likely N-dealkylation sites (N-methyl/N-ethyl adjacent to an activating group) is 1. The van der Waals surface area contributed by atoms with Gasteiger partial charge < -0.3 is 14.5 Å². The van der Waals surface area contributed by atoms with E-state index in [1.54, 1.807) is 11.8 Å². The molecule has 0 aliphatic carbocycles. The lowest BCUT2D eigenvalue weighted by Gasteiger charge is -2.37. The van der Waals surface area contributed by atoms with E-state index in [0.717, 1.165) is 11.3 Å². The predicted molar refractivity (Wildman–Crippen MR) is 127 cm³/mol. The number of aryl methyl sites for hydroxylation is 1. The highest BCUT2D eigenvalue weighted by atomic mass is 35.5. The third kappa shape index (κ3) is 5.31. The fraction of sp³-hybridized carbons (Fsp3) is 0.409. The van der Waals surface area contributed by atoms with E-state index in [4.69, 9.17) is 27.9 Å². The van der Waals surface area contributed by atoms with Crippen LogP contribution in [0.5, 0.6) is 5.75 Å². The van der Waals surface area contributed by atoms with Gasteiger partial charge in [0.1, 0.15) is 5.75 Å². The molecule has 1 aliphatic heterocycles. The molecule has 0 atom stereocenters. The highest BCUT2D eigenvalue weighted by molar-refractivity contribution is 7.89. The SMILES string of the molecule is CCN(CC(=O)N1CCN(c2cc(Cl)ccc2C)CC1)S(=O)(=O)c1ccc(OC)c(Cl)c1. The quantitative estimate of drug-likeness (QED) is 0.581. The van der Waals surface area contributed by atoms with Crippen LogP contribution < -0.4 is 9.64 Å². The van der Waals surface area contributed by atoms with Crippen LogP contribution in [0, 0.1) is 6.92 Å². The van der Waals surface area contributed by atoms with Gasteiger partial charge in [-0.1, -0.05) is 36.2 Å². The van der Waals surface area contributed by atoms with Crippen molar-refractivity contribution >= 4 is 44.8 Å². The monoisotopic (exact) mass is 499 g/mol. The molecule has 0 saturated carbocycles. The normalized spacial score (nSPS) is 14.7. The van der Waals surface area contributed by atoms with Gasteiger partial charge in [-0.05, 0) is 42.8 Å². The Morgan fingerprint density at radius 1 is 1.09 bits per heavy atom. The van der Waals surface area contributed by atoms with E-state index in [2.05, 4.69) is 4.90 Å². The summed E-state index contributed by atoms with van der Waals surface area (Å²) in [4.78, 5) is 16.8. The molecular formula is C22H27Cl2N3O4S. The van der Waals surface area contributed by atoms with Crippen molar-refractivity contribution in [1.82, 2.24) is 9.21 Å². The van der Waals surface area contributed by atoms with E-state index in [0.29, 0.717) is 37.0 Å². The zero-order valence-corrected chi connectivity index (χ0v) is 20.7. The Kier molecular flexibility index (Phi) is 7.92. The zero-order valence-electron chi connectivity index (χ0n) is 18.3. The largest absolute Gasteiger partial charge is 0.495 e. The van der Waals surface area contributed by atoms with Crippen LogP contribution in [0.4, 0.5) is 5.69 Å². The number of halogens is 2. The van der Waals surface area contributed by atoms with Crippen molar-refractivity contribution in [1.29, 1.82) is 0 Å². The van der Waals surface area contributed by atoms with Crippen LogP contribution in [0.25, 0.3) is 0 Å². The summed E-state index contributed by atoms with van der Waals surface area (Å²) in [6.45, 7) is 6.00. The molecule has 174 valence electrons. The van der Waals surface area contributed by atoms with Crippen LogP contribution in [0.15, 0.2) is 41.3 Å². The van der Waals surface area contributed by atoms with Gasteiger partial charge in [0.25, 0.3) is 0 Å². The number of ether oxygens (including phenoxy) is 1. The molecule has 0 spiro atoms. The van der Waals surface area contributed by atoms with E-state index in [1.165, 1.54) is 29.6 Å². The maximum Gasteiger partial charge on any atom is 0.243 e. The standard InChI is InChI=1S/C22H27Cl2N3O4S/c1-4-27(32(29,30)18-7-8-21(31-3)19(24)14-18)15-22(28)26-11-9-25(10-12-26)20-13-17(23)6-5-16(20)2/h5-8,13-14H,4,9-12,15H2,1-3H3. The average molecular weight is 500 g/mol. The number of methoxy groups -OCH3 is 1. The van der Waals surface area contributed by atoms with E-state index >= 15 is 0 Å². The molecule has 1 aliphatic rings. The predicted octanol–water partition coefficient (Wildman–Crippen LogP) is 3.67. The number of benzene rings is 2. The lowest BCUT2D eigenvalue weighted by Crippen LogP contribution is -2.52. The fourth-order valence-electron chi connectivity index (χ4n) is 3.69. The third-order valence-corrected chi connectivity index (χ3v) is 8.02.